The fourth-order valence-corrected chi connectivity index (χ4v) is 5.51. The molecule has 1 atom stereocenters. The molecule has 3 rings (SSSR count). The maximum Gasteiger partial charge on any atom is 0.337 e. The molecule has 0 aromatic heterocycles. The summed E-state index contributed by atoms with van der Waals surface area (Å²) in [6, 6.07) is 8.80. The Morgan fingerprint density at radius 2 is 1.87 bits per heavy atom. The van der Waals surface area contributed by atoms with Gasteiger partial charge >= 0.3 is 5.97 Å². The number of ether oxygens (including phenoxy) is 1. The SMILES string of the molecule is COC(=O)c1ccc(N2CCN(S(=O)(=O)c3cc(Cl)c(C)c([N+](=O)[O-])c3)C(C)C2)cc1. The number of anilines is 1. The normalized spacial score (nSPS) is 17.4. The lowest BCUT2D eigenvalue weighted by Crippen LogP contribution is -2.54. The number of esters is 1. The molecule has 9 nitrogen and oxygen atoms in total. The van der Waals surface area contributed by atoms with E-state index in [0.717, 1.165) is 11.8 Å². The molecule has 0 aliphatic carbocycles. The first-order chi connectivity index (χ1) is 14.6. The van der Waals surface area contributed by atoms with E-state index in [1.54, 1.807) is 31.2 Å². The van der Waals surface area contributed by atoms with Crippen molar-refractivity contribution >= 4 is 39.0 Å². The van der Waals surface area contributed by atoms with Crippen LogP contribution in [0.5, 0.6) is 0 Å². The zero-order valence-electron chi connectivity index (χ0n) is 17.2. The third kappa shape index (κ3) is 4.51. The van der Waals surface area contributed by atoms with Crippen molar-refractivity contribution in [3.8, 4) is 0 Å². The van der Waals surface area contributed by atoms with Crippen molar-refractivity contribution in [2.75, 3.05) is 31.6 Å². The smallest absolute Gasteiger partial charge is 0.337 e. The summed E-state index contributed by atoms with van der Waals surface area (Å²) in [6.45, 7) is 4.28. The number of nitrogens with zero attached hydrogens (tertiary/aromatic N) is 3. The van der Waals surface area contributed by atoms with Crippen molar-refractivity contribution in [1.29, 1.82) is 0 Å². The van der Waals surface area contributed by atoms with Gasteiger partial charge in [0, 0.05) is 43.0 Å². The largest absolute Gasteiger partial charge is 0.465 e. The molecule has 1 heterocycles. The number of carbonyl (C=O) groups excluding carboxylic acids is 1. The molecule has 1 saturated heterocycles. The van der Waals surface area contributed by atoms with Gasteiger partial charge in [-0.05, 0) is 44.2 Å². The fraction of sp³-hybridized carbons (Fsp3) is 0.350. The maximum atomic E-state index is 13.2. The average Bonchev–Trinajstić information content (AvgIpc) is 2.74. The van der Waals surface area contributed by atoms with Gasteiger partial charge in [-0.2, -0.15) is 4.31 Å². The van der Waals surface area contributed by atoms with E-state index >= 15 is 0 Å². The summed E-state index contributed by atoms with van der Waals surface area (Å²) in [4.78, 5) is 24.1. The molecule has 0 spiro atoms. The van der Waals surface area contributed by atoms with Crippen molar-refractivity contribution in [1.82, 2.24) is 4.31 Å². The van der Waals surface area contributed by atoms with E-state index in [1.165, 1.54) is 24.4 Å². The summed E-state index contributed by atoms with van der Waals surface area (Å²) in [5.41, 5.74) is 1.17. The Labute approximate surface area is 185 Å². The van der Waals surface area contributed by atoms with E-state index in [0.29, 0.717) is 18.7 Å². The number of benzene rings is 2. The lowest BCUT2D eigenvalue weighted by molar-refractivity contribution is -0.385. The van der Waals surface area contributed by atoms with E-state index in [1.807, 2.05) is 4.90 Å². The van der Waals surface area contributed by atoms with E-state index < -0.39 is 27.0 Å². The minimum absolute atomic E-state index is 0.0322. The summed E-state index contributed by atoms with van der Waals surface area (Å²) in [7, 11) is -2.66. The first-order valence-electron chi connectivity index (χ1n) is 9.46. The van der Waals surface area contributed by atoms with Crippen molar-refractivity contribution in [3.63, 3.8) is 0 Å². The van der Waals surface area contributed by atoms with Crippen LogP contribution >= 0.6 is 11.6 Å². The van der Waals surface area contributed by atoms with Crippen molar-refractivity contribution < 1.29 is 22.9 Å². The molecule has 1 aliphatic rings. The van der Waals surface area contributed by atoms with Gasteiger partial charge in [-0.3, -0.25) is 10.1 Å². The highest BCUT2D eigenvalue weighted by atomic mass is 35.5. The van der Waals surface area contributed by atoms with Crippen molar-refractivity contribution in [2.24, 2.45) is 0 Å². The molecular formula is C20H22ClN3O6S. The highest BCUT2D eigenvalue weighted by molar-refractivity contribution is 7.89. The number of halogens is 1. The topological polar surface area (TPSA) is 110 Å². The van der Waals surface area contributed by atoms with Gasteiger partial charge in [0.1, 0.15) is 0 Å². The molecule has 0 bridgehead atoms. The Morgan fingerprint density at radius 1 is 1.23 bits per heavy atom. The summed E-state index contributed by atoms with van der Waals surface area (Å²) in [5.74, 6) is -0.429. The van der Waals surface area contributed by atoms with Crippen LogP contribution in [0.3, 0.4) is 0 Å². The number of carbonyl (C=O) groups is 1. The average molecular weight is 468 g/mol. The van der Waals surface area contributed by atoms with Gasteiger partial charge in [0.05, 0.1) is 27.5 Å². The van der Waals surface area contributed by atoms with Gasteiger partial charge in [0.25, 0.3) is 5.69 Å². The standard InChI is InChI=1S/C20H22ClN3O6S/c1-13-12-22(16-6-4-15(5-7-16)20(25)30-3)8-9-23(13)31(28,29)17-10-18(21)14(2)19(11-17)24(26)27/h4-7,10-11,13H,8-9,12H2,1-3H3. The molecular weight excluding hydrogens is 446 g/mol. The second-order valence-corrected chi connectivity index (χ2v) is 9.55. The van der Waals surface area contributed by atoms with Gasteiger partial charge in [-0.1, -0.05) is 11.6 Å². The number of hydrogen-bond donors (Lipinski definition) is 0. The predicted octanol–water partition coefficient (Wildman–Crippen LogP) is 3.24. The highest BCUT2D eigenvalue weighted by Crippen LogP contribution is 2.32. The Kier molecular flexibility index (Phi) is 6.54. The highest BCUT2D eigenvalue weighted by Gasteiger charge is 2.35. The molecule has 1 fully saturated rings. The van der Waals surface area contributed by atoms with Gasteiger partial charge in [-0.25, -0.2) is 13.2 Å². The quantitative estimate of drug-likeness (QED) is 0.377. The Balaban J connectivity index is 1.82. The summed E-state index contributed by atoms with van der Waals surface area (Å²) in [5, 5.41) is 11.3. The van der Waals surface area contributed by atoms with E-state index in [2.05, 4.69) is 0 Å². The molecule has 31 heavy (non-hydrogen) atoms. The van der Waals surface area contributed by atoms with Gasteiger partial charge in [-0.15, -0.1) is 0 Å². The summed E-state index contributed by atoms with van der Waals surface area (Å²) in [6.07, 6.45) is 0. The maximum absolute atomic E-state index is 13.2. The van der Waals surface area contributed by atoms with E-state index in [4.69, 9.17) is 16.3 Å². The minimum Gasteiger partial charge on any atom is -0.465 e. The van der Waals surface area contributed by atoms with Gasteiger partial charge in [0.15, 0.2) is 0 Å². The first-order valence-corrected chi connectivity index (χ1v) is 11.3. The van der Waals surface area contributed by atoms with Gasteiger partial charge in [0.2, 0.25) is 10.0 Å². The van der Waals surface area contributed by atoms with Crippen LogP contribution in [0.25, 0.3) is 0 Å². The monoisotopic (exact) mass is 467 g/mol. The molecule has 0 N–H and O–H groups in total. The van der Waals surface area contributed by atoms with E-state index in [9.17, 15) is 23.3 Å². The number of hydrogen-bond acceptors (Lipinski definition) is 7. The van der Waals surface area contributed by atoms with Crippen LogP contribution in [0.2, 0.25) is 5.02 Å². The zero-order valence-corrected chi connectivity index (χ0v) is 18.8. The molecule has 2 aromatic rings. The number of nitro benzene ring substituents is 1. The third-order valence-corrected chi connectivity index (χ3v) is 7.70. The summed E-state index contributed by atoms with van der Waals surface area (Å²) < 4.78 is 32.4. The molecule has 1 unspecified atom stereocenters. The summed E-state index contributed by atoms with van der Waals surface area (Å²) >= 11 is 6.06. The fourth-order valence-electron chi connectivity index (χ4n) is 3.57. The number of piperazine rings is 1. The van der Waals surface area contributed by atoms with Crippen LogP contribution < -0.4 is 4.90 Å². The molecule has 0 saturated carbocycles. The van der Waals surface area contributed by atoms with Crippen LogP contribution in [0, 0.1) is 17.0 Å². The molecule has 0 amide bonds. The second kappa shape index (κ2) is 8.81. The van der Waals surface area contributed by atoms with Crippen molar-refractivity contribution in [3.05, 3.63) is 62.7 Å². The molecule has 166 valence electrons. The molecule has 11 heteroatoms. The number of nitro groups is 1. The van der Waals surface area contributed by atoms with Crippen molar-refractivity contribution in [2.45, 2.75) is 24.8 Å². The lowest BCUT2D eigenvalue weighted by Gasteiger charge is -2.40. The van der Waals surface area contributed by atoms with Crippen LogP contribution in [0.15, 0.2) is 41.3 Å². The van der Waals surface area contributed by atoms with Crippen LogP contribution in [-0.2, 0) is 14.8 Å². The third-order valence-electron chi connectivity index (χ3n) is 5.31. The first kappa shape index (κ1) is 23.0. The lowest BCUT2D eigenvalue weighted by atomic mass is 10.1. The number of sulfonamides is 1. The molecule has 0 radical (unpaired) electrons. The van der Waals surface area contributed by atoms with E-state index in [-0.39, 0.29) is 27.7 Å². The molecule has 2 aromatic carbocycles. The Hall–Kier alpha value is -2.69. The van der Waals surface area contributed by atoms with Crippen LogP contribution in [0.1, 0.15) is 22.8 Å². The van der Waals surface area contributed by atoms with Crippen LogP contribution in [-0.4, -0.2) is 56.4 Å². The second-order valence-electron chi connectivity index (χ2n) is 7.26. The minimum atomic E-state index is -3.98. The van der Waals surface area contributed by atoms with Crippen LogP contribution in [0.4, 0.5) is 11.4 Å². The molecule has 1 aliphatic heterocycles. The Bertz CT molecular complexity index is 1120. The number of rotatable bonds is 5. The Morgan fingerprint density at radius 3 is 2.42 bits per heavy atom. The van der Waals surface area contributed by atoms with Gasteiger partial charge < -0.3 is 9.64 Å². The predicted molar refractivity (Wildman–Crippen MR) is 116 cm³/mol. The zero-order chi connectivity index (χ0) is 22.9. The number of methoxy groups -OCH3 is 1.